The summed E-state index contributed by atoms with van der Waals surface area (Å²) in [6.07, 6.45) is 1.89. The summed E-state index contributed by atoms with van der Waals surface area (Å²) in [7, 11) is 0. The van der Waals surface area contributed by atoms with Gasteiger partial charge in [0.1, 0.15) is 0 Å². The number of amides is 2. The first-order valence-electron chi connectivity index (χ1n) is 18.9. The van der Waals surface area contributed by atoms with Crippen LogP contribution in [0.5, 0.6) is 0 Å². The van der Waals surface area contributed by atoms with E-state index in [0.717, 1.165) is 24.2 Å². The molecular formula is C48H50N2O2. The molecule has 4 atom stereocenters. The summed E-state index contributed by atoms with van der Waals surface area (Å²) >= 11 is 0. The van der Waals surface area contributed by atoms with Crippen LogP contribution in [0.3, 0.4) is 0 Å². The first-order chi connectivity index (χ1) is 25.0. The first kappa shape index (κ1) is 35.2. The highest BCUT2D eigenvalue weighted by molar-refractivity contribution is 5.99. The zero-order valence-corrected chi connectivity index (χ0v) is 31.2. The van der Waals surface area contributed by atoms with Gasteiger partial charge >= 0.3 is 0 Å². The average Bonchev–Trinajstić information content (AvgIpc) is 4.08. The van der Waals surface area contributed by atoms with E-state index in [1.54, 1.807) is 0 Å². The monoisotopic (exact) mass is 686 g/mol. The summed E-state index contributed by atoms with van der Waals surface area (Å²) in [5.41, 5.74) is 9.52. The van der Waals surface area contributed by atoms with Crippen LogP contribution in [0.4, 0.5) is 11.4 Å². The van der Waals surface area contributed by atoms with Crippen LogP contribution in [0.25, 0.3) is 21.5 Å². The predicted octanol–water partition coefficient (Wildman–Crippen LogP) is 12.0. The molecule has 2 fully saturated rings. The summed E-state index contributed by atoms with van der Waals surface area (Å²) in [4.78, 5) is 25.4. The van der Waals surface area contributed by atoms with Gasteiger partial charge in [0.15, 0.2) is 0 Å². The van der Waals surface area contributed by atoms with Gasteiger partial charge in [-0.3, -0.25) is 9.59 Å². The van der Waals surface area contributed by atoms with Gasteiger partial charge in [-0.1, -0.05) is 125 Å². The van der Waals surface area contributed by atoms with Gasteiger partial charge in [-0.2, -0.15) is 0 Å². The number of carbonyl (C=O) groups is 2. The molecule has 2 N–H and O–H groups in total. The van der Waals surface area contributed by atoms with Crippen LogP contribution in [0.1, 0.15) is 97.6 Å². The van der Waals surface area contributed by atoms with Gasteiger partial charge < -0.3 is 10.6 Å². The van der Waals surface area contributed by atoms with Crippen molar-refractivity contribution in [3.05, 3.63) is 155 Å². The highest BCUT2D eigenvalue weighted by Gasteiger charge is 2.45. The Bertz CT molecular complexity index is 2110. The molecule has 6 aromatic rings. The molecule has 0 aliphatic heterocycles. The summed E-state index contributed by atoms with van der Waals surface area (Å²) in [5.74, 6) is 2.20. The van der Waals surface area contributed by atoms with Crippen molar-refractivity contribution in [1.82, 2.24) is 0 Å². The molecule has 2 saturated carbocycles. The lowest BCUT2D eigenvalue weighted by Crippen LogP contribution is -2.14. The fourth-order valence-corrected chi connectivity index (χ4v) is 7.49. The molecule has 2 aliphatic carbocycles. The fourth-order valence-electron chi connectivity index (χ4n) is 7.49. The maximum Gasteiger partial charge on any atom is 0.228 e. The van der Waals surface area contributed by atoms with E-state index in [4.69, 9.17) is 0 Å². The second-order valence-corrected chi connectivity index (χ2v) is 15.5. The zero-order chi connectivity index (χ0) is 36.5. The third-order valence-electron chi connectivity index (χ3n) is 11.0. The molecule has 0 saturated heterocycles. The Balaban J connectivity index is 0.000000162. The van der Waals surface area contributed by atoms with E-state index in [-0.39, 0.29) is 23.7 Å². The van der Waals surface area contributed by atoms with E-state index in [2.05, 4.69) is 161 Å². The van der Waals surface area contributed by atoms with Crippen molar-refractivity contribution in [3.63, 3.8) is 0 Å². The van der Waals surface area contributed by atoms with E-state index in [0.29, 0.717) is 23.7 Å². The maximum atomic E-state index is 12.7. The van der Waals surface area contributed by atoms with Crippen molar-refractivity contribution in [2.24, 2.45) is 11.8 Å². The molecule has 2 amide bonds. The molecule has 2 unspecified atom stereocenters. The zero-order valence-electron chi connectivity index (χ0n) is 31.2. The van der Waals surface area contributed by atoms with Gasteiger partial charge in [-0.25, -0.2) is 0 Å². The van der Waals surface area contributed by atoms with Gasteiger partial charge in [0.25, 0.3) is 0 Å². The smallest absolute Gasteiger partial charge is 0.228 e. The summed E-state index contributed by atoms with van der Waals surface area (Å²) in [5, 5.41) is 11.0. The number of hydrogen-bond donors (Lipinski definition) is 2. The normalized spacial score (nSPS) is 18.9. The van der Waals surface area contributed by atoms with Gasteiger partial charge in [-0.15, -0.1) is 0 Å². The van der Waals surface area contributed by atoms with E-state index >= 15 is 0 Å². The molecule has 0 spiro atoms. The molecule has 4 nitrogen and oxygen atoms in total. The van der Waals surface area contributed by atoms with Crippen LogP contribution in [-0.2, 0) is 9.59 Å². The minimum atomic E-state index is 0.0879. The largest absolute Gasteiger partial charge is 0.326 e. The molecule has 0 aromatic heterocycles. The molecule has 264 valence electrons. The number of rotatable bonds is 8. The van der Waals surface area contributed by atoms with Crippen molar-refractivity contribution in [3.8, 4) is 0 Å². The minimum Gasteiger partial charge on any atom is -0.326 e. The second kappa shape index (κ2) is 14.8. The fraction of sp³-hybridized carbons (Fsp3) is 0.292. The lowest BCUT2D eigenvalue weighted by Gasteiger charge is -2.09. The Hall–Kier alpha value is -5.22. The van der Waals surface area contributed by atoms with Crippen molar-refractivity contribution in [2.75, 3.05) is 10.6 Å². The Morgan fingerprint density at radius 1 is 0.519 bits per heavy atom. The Kier molecular flexibility index (Phi) is 10.0. The topological polar surface area (TPSA) is 58.2 Å². The van der Waals surface area contributed by atoms with Crippen molar-refractivity contribution in [2.45, 2.75) is 78.1 Å². The summed E-state index contributed by atoms with van der Waals surface area (Å²) in [6.45, 7) is 13.0. The number of nitrogens with one attached hydrogen (secondary N) is 2. The van der Waals surface area contributed by atoms with Crippen molar-refractivity contribution >= 4 is 44.7 Å². The molecule has 0 heterocycles. The predicted molar refractivity (Wildman–Crippen MR) is 217 cm³/mol. The SMILES string of the molecule is Cc1cccc2ccc(NC(=O)C3CC3c3cccc(C(C)C)c3)cc12.Cc1cccc2ccc(NC(=O)[C@@H]3C[C@H]3c3cccc(C(C)C)c3)cc12. The number of carbonyl (C=O) groups excluding carboxylic acids is 2. The van der Waals surface area contributed by atoms with Crippen LogP contribution in [-0.4, -0.2) is 11.8 Å². The van der Waals surface area contributed by atoms with E-state index in [9.17, 15) is 9.59 Å². The Labute approximate surface area is 308 Å². The van der Waals surface area contributed by atoms with Crippen LogP contribution < -0.4 is 10.6 Å². The van der Waals surface area contributed by atoms with E-state index in [1.807, 2.05) is 12.1 Å². The molecule has 2 aliphatic rings. The third kappa shape index (κ3) is 7.82. The highest BCUT2D eigenvalue weighted by atomic mass is 16.2. The molecule has 0 radical (unpaired) electrons. The molecular weight excluding hydrogens is 637 g/mol. The Morgan fingerprint density at radius 3 is 1.33 bits per heavy atom. The van der Waals surface area contributed by atoms with E-state index in [1.165, 1.54) is 54.9 Å². The van der Waals surface area contributed by atoms with Crippen LogP contribution in [0.15, 0.2) is 121 Å². The van der Waals surface area contributed by atoms with Gasteiger partial charge in [0.2, 0.25) is 11.8 Å². The second-order valence-electron chi connectivity index (χ2n) is 15.5. The minimum absolute atomic E-state index is 0.0879. The van der Waals surface area contributed by atoms with E-state index < -0.39 is 0 Å². The van der Waals surface area contributed by atoms with Gasteiger partial charge in [0, 0.05) is 23.2 Å². The van der Waals surface area contributed by atoms with Crippen molar-refractivity contribution < 1.29 is 9.59 Å². The quantitative estimate of drug-likeness (QED) is 0.167. The average molecular weight is 687 g/mol. The van der Waals surface area contributed by atoms with Crippen molar-refractivity contribution in [1.29, 1.82) is 0 Å². The van der Waals surface area contributed by atoms with Gasteiger partial charge in [-0.05, 0) is 130 Å². The number of aryl methyl sites for hydroxylation is 2. The summed E-state index contributed by atoms with van der Waals surface area (Å²) < 4.78 is 0. The number of fused-ring (bicyclic) bond motifs is 2. The lowest BCUT2D eigenvalue weighted by atomic mass is 9.98. The van der Waals surface area contributed by atoms with Crippen LogP contribution in [0, 0.1) is 25.7 Å². The first-order valence-corrected chi connectivity index (χ1v) is 18.9. The lowest BCUT2D eigenvalue weighted by molar-refractivity contribution is -0.118. The third-order valence-corrected chi connectivity index (χ3v) is 11.0. The number of benzene rings is 6. The van der Waals surface area contributed by atoms with Crippen LogP contribution >= 0.6 is 0 Å². The number of anilines is 2. The molecule has 52 heavy (non-hydrogen) atoms. The molecule has 0 bridgehead atoms. The molecule has 8 rings (SSSR count). The molecule has 4 heteroatoms. The van der Waals surface area contributed by atoms with Crippen LogP contribution in [0.2, 0.25) is 0 Å². The highest BCUT2D eigenvalue weighted by Crippen LogP contribution is 2.49. The molecule has 6 aromatic carbocycles. The number of hydrogen-bond acceptors (Lipinski definition) is 2. The standard InChI is InChI=1S/2C24H25NO/c2*1-15(2)18-8-5-9-19(12-18)22-14-23(22)24(26)25-20-11-10-17-7-4-6-16(3)21(17)13-20/h2*4-13,15,22-23H,14H2,1-3H3,(H,25,26)/t22-,23+;/m0./s1. The van der Waals surface area contributed by atoms with Gasteiger partial charge in [0.05, 0.1) is 0 Å². The summed E-state index contributed by atoms with van der Waals surface area (Å²) in [6, 6.07) is 42.3. The Morgan fingerprint density at radius 2 is 0.923 bits per heavy atom. The maximum absolute atomic E-state index is 12.7.